The molecule has 3 atom stereocenters. The normalized spacial score (nSPS) is 21.3. The van der Waals surface area contributed by atoms with Crippen LogP contribution in [0, 0.1) is 5.92 Å². The van der Waals surface area contributed by atoms with Crippen molar-refractivity contribution in [3.05, 3.63) is 59.7 Å². The van der Waals surface area contributed by atoms with Crippen LogP contribution in [0.3, 0.4) is 0 Å². The molecule has 0 saturated carbocycles. The van der Waals surface area contributed by atoms with Gasteiger partial charge in [-0.25, -0.2) is 0 Å². The highest BCUT2D eigenvalue weighted by Gasteiger charge is 2.52. The van der Waals surface area contributed by atoms with E-state index in [9.17, 15) is 14.7 Å². The summed E-state index contributed by atoms with van der Waals surface area (Å²) in [6.45, 7) is 3.81. The molecule has 1 aliphatic heterocycles. The van der Waals surface area contributed by atoms with Gasteiger partial charge in [0, 0.05) is 5.69 Å². The number of rotatable bonds is 6. The van der Waals surface area contributed by atoms with Crippen LogP contribution in [0.25, 0.3) is 0 Å². The summed E-state index contributed by atoms with van der Waals surface area (Å²) < 4.78 is 16.7. The lowest BCUT2D eigenvalue weighted by Gasteiger charge is -2.34. The van der Waals surface area contributed by atoms with Gasteiger partial charge in [0.15, 0.2) is 17.3 Å². The first kappa shape index (κ1) is 18.9. The fourth-order valence-corrected chi connectivity index (χ4v) is 4.33. The number of carboxylic acids is 1. The number of hydrogen-bond acceptors (Lipinski definition) is 6. The van der Waals surface area contributed by atoms with Crippen molar-refractivity contribution in [3.8, 4) is 17.2 Å². The number of ketones is 1. The minimum Gasteiger partial charge on any atom is -0.493 e. The van der Waals surface area contributed by atoms with Gasteiger partial charge in [-0.15, -0.1) is 0 Å². The molecule has 2 aliphatic rings. The Labute approximate surface area is 167 Å². The zero-order valence-corrected chi connectivity index (χ0v) is 16.1. The number of nitrogens with one attached hydrogen (secondary N) is 1. The van der Waals surface area contributed by atoms with Crippen LogP contribution in [0.2, 0.25) is 0 Å². The third-order valence-electron chi connectivity index (χ3n) is 5.48. The zero-order chi connectivity index (χ0) is 20.7. The average Bonchev–Trinajstić information content (AvgIpc) is 3.00. The number of carbonyl (C=O) groups is 2. The minimum atomic E-state index is -1.04. The van der Waals surface area contributed by atoms with E-state index in [2.05, 4.69) is 11.9 Å². The lowest BCUT2D eigenvalue weighted by atomic mass is 9.77. The number of carbonyl (C=O) groups excluding carboxylic acids is 1. The van der Waals surface area contributed by atoms with Gasteiger partial charge in [0.2, 0.25) is 5.75 Å². The summed E-state index contributed by atoms with van der Waals surface area (Å²) in [4.78, 5) is 25.7. The topological polar surface area (TPSA) is 94.1 Å². The van der Waals surface area contributed by atoms with Crippen molar-refractivity contribution < 1.29 is 28.9 Å². The maximum atomic E-state index is 13.5. The molecule has 0 unspecified atom stereocenters. The van der Waals surface area contributed by atoms with E-state index in [4.69, 9.17) is 14.2 Å². The van der Waals surface area contributed by atoms with Crippen molar-refractivity contribution >= 4 is 17.4 Å². The van der Waals surface area contributed by atoms with E-state index in [1.807, 2.05) is 12.1 Å². The fourth-order valence-electron chi connectivity index (χ4n) is 4.33. The summed E-state index contributed by atoms with van der Waals surface area (Å²) in [5, 5.41) is 13.3. The fraction of sp³-hybridized carbons (Fsp3) is 0.273. The highest BCUT2D eigenvalue weighted by molar-refractivity contribution is 6.10. The Balaban J connectivity index is 1.95. The minimum absolute atomic E-state index is 0.161. The van der Waals surface area contributed by atoms with Crippen molar-refractivity contribution in [1.82, 2.24) is 0 Å². The number of Topliss-reactive ketones (excluding diaryl/α,β-unsaturated/α-hetero) is 1. The molecule has 150 valence electrons. The molecule has 1 aliphatic carbocycles. The highest BCUT2D eigenvalue weighted by Crippen LogP contribution is 2.56. The van der Waals surface area contributed by atoms with E-state index >= 15 is 0 Å². The van der Waals surface area contributed by atoms with Crippen LogP contribution in [0.5, 0.6) is 17.2 Å². The molecule has 0 fully saturated rings. The van der Waals surface area contributed by atoms with Crippen LogP contribution in [0.1, 0.15) is 33.4 Å². The summed E-state index contributed by atoms with van der Waals surface area (Å²) in [5.74, 6) is -2.16. The molecule has 7 nitrogen and oxygen atoms in total. The van der Waals surface area contributed by atoms with E-state index < -0.39 is 23.8 Å². The third kappa shape index (κ3) is 2.73. The lowest BCUT2D eigenvalue weighted by molar-refractivity contribution is -0.140. The summed E-state index contributed by atoms with van der Waals surface area (Å²) in [5.41, 5.74) is 2.25. The Bertz CT molecular complexity index is 1010. The van der Waals surface area contributed by atoms with Crippen molar-refractivity contribution in [3.63, 3.8) is 0 Å². The number of aliphatic carboxylic acids is 1. The van der Waals surface area contributed by atoms with Crippen molar-refractivity contribution in [2.75, 3.05) is 26.1 Å². The maximum absolute atomic E-state index is 13.5. The number of para-hydroxylation sites is 1. The Morgan fingerprint density at radius 3 is 2.62 bits per heavy atom. The van der Waals surface area contributed by atoms with Gasteiger partial charge < -0.3 is 24.6 Å². The average molecular weight is 395 g/mol. The Hall–Kier alpha value is -3.48. The van der Waals surface area contributed by atoms with Crippen LogP contribution in [-0.2, 0) is 4.79 Å². The highest BCUT2D eigenvalue weighted by atomic mass is 16.5. The Kier molecular flexibility index (Phi) is 4.66. The first-order valence-electron chi connectivity index (χ1n) is 9.18. The molecular weight excluding hydrogens is 374 g/mol. The van der Waals surface area contributed by atoms with Gasteiger partial charge in [0.1, 0.15) is 6.61 Å². The maximum Gasteiger partial charge on any atom is 0.311 e. The van der Waals surface area contributed by atoms with Crippen LogP contribution in [0.4, 0.5) is 5.69 Å². The number of hydrogen-bond donors (Lipinski definition) is 2. The van der Waals surface area contributed by atoms with E-state index in [1.54, 1.807) is 24.3 Å². The Morgan fingerprint density at radius 2 is 1.97 bits per heavy atom. The molecule has 7 heteroatoms. The third-order valence-corrected chi connectivity index (χ3v) is 5.48. The molecule has 2 N–H and O–H groups in total. The number of anilines is 1. The monoisotopic (exact) mass is 395 g/mol. The van der Waals surface area contributed by atoms with Crippen molar-refractivity contribution in [2.24, 2.45) is 5.92 Å². The molecule has 2 aromatic rings. The molecule has 4 rings (SSSR count). The second-order valence-corrected chi connectivity index (χ2v) is 6.92. The number of fused-ring (bicyclic) bond motifs is 4. The van der Waals surface area contributed by atoms with E-state index in [1.165, 1.54) is 14.2 Å². The van der Waals surface area contributed by atoms with Crippen LogP contribution in [-0.4, -0.2) is 37.7 Å². The van der Waals surface area contributed by atoms with Gasteiger partial charge in [-0.1, -0.05) is 30.9 Å². The zero-order valence-electron chi connectivity index (χ0n) is 16.1. The van der Waals surface area contributed by atoms with Gasteiger partial charge >= 0.3 is 5.97 Å². The van der Waals surface area contributed by atoms with Crippen molar-refractivity contribution in [1.29, 1.82) is 0 Å². The molecular formula is C22H21NO6. The van der Waals surface area contributed by atoms with E-state index in [0.717, 1.165) is 0 Å². The van der Waals surface area contributed by atoms with Gasteiger partial charge in [0.25, 0.3) is 0 Å². The number of methoxy groups -OCH3 is 2. The van der Waals surface area contributed by atoms with E-state index in [0.29, 0.717) is 33.9 Å². The second kappa shape index (κ2) is 7.16. The summed E-state index contributed by atoms with van der Waals surface area (Å²) >= 11 is 0. The van der Waals surface area contributed by atoms with E-state index in [-0.39, 0.29) is 18.1 Å². The molecule has 0 radical (unpaired) electrons. The van der Waals surface area contributed by atoms with Gasteiger partial charge in [0.05, 0.1) is 37.7 Å². The van der Waals surface area contributed by atoms with Crippen LogP contribution in [0.15, 0.2) is 43.0 Å². The number of benzene rings is 2. The van der Waals surface area contributed by atoms with Gasteiger partial charge in [-0.3, -0.25) is 9.59 Å². The summed E-state index contributed by atoms with van der Waals surface area (Å²) in [6, 6.07) is 8.37. The smallest absolute Gasteiger partial charge is 0.311 e. The standard InChI is InChI=1S/C22H21NO6/c1-4-9-29-21-16-12(10-14(27-2)20(21)28-3)18-17(19(16)24)15(22(25)26)11-7-5-6-8-13(11)23-18/h4-8,10,15,17-18,23H,1,9H2,2-3H3,(H,25,26)/t15-,17-,18-/m0/s1. The molecule has 0 amide bonds. The molecule has 0 saturated heterocycles. The molecule has 1 heterocycles. The predicted octanol–water partition coefficient (Wildman–Crippen LogP) is 3.42. The van der Waals surface area contributed by atoms with Crippen LogP contribution >= 0.6 is 0 Å². The summed E-state index contributed by atoms with van der Waals surface area (Å²) in [6.07, 6.45) is 1.56. The van der Waals surface area contributed by atoms with Gasteiger partial charge in [-0.2, -0.15) is 0 Å². The molecule has 0 bridgehead atoms. The lowest BCUT2D eigenvalue weighted by Crippen LogP contribution is -2.35. The Morgan fingerprint density at radius 1 is 1.21 bits per heavy atom. The van der Waals surface area contributed by atoms with Crippen molar-refractivity contribution in [2.45, 2.75) is 12.0 Å². The SMILES string of the molecule is C=CCOc1c(OC)c(OC)cc2c1C(=O)[C@@H]1[C@H]2Nc2ccccc2[C@@H]1C(=O)O. The molecule has 2 aromatic carbocycles. The second-order valence-electron chi connectivity index (χ2n) is 6.92. The molecule has 29 heavy (non-hydrogen) atoms. The molecule has 0 aromatic heterocycles. The first-order valence-corrected chi connectivity index (χ1v) is 9.18. The predicted molar refractivity (Wildman–Crippen MR) is 106 cm³/mol. The number of carboxylic acid groups (broad SMARTS) is 1. The quantitative estimate of drug-likeness (QED) is 0.724. The number of ether oxygens (including phenoxy) is 3. The summed E-state index contributed by atoms with van der Waals surface area (Å²) in [7, 11) is 2.96. The first-order chi connectivity index (χ1) is 14.0. The van der Waals surface area contributed by atoms with Gasteiger partial charge in [-0.05, 0) is 23.3 Å². The molecule has 0 spiro atoms. The van der Waals surface area contributed by atoms with Crippen LogP contribution < -0.4 is 19.5 Å². The largest absolute Gasteiger partial charge is 0.493 e.